The fourth-order valence-corrected chi connectivity index (χ4v) is 2.26. The normalized spacial score (nSPS) is 20.6. The van der Waals surface area contributed by atoms with E-state index >= 15 is 0 Å². The Kier molecular flexibility index (Phi) is 3.10. The van der Waals surface area contributed by atoms with Crippen molar-refractivity contribution in [2.24, 2.45) is 16.8 Å². The highest BCUT2D eigenvalue weighted by Gasteiger charge is 2.23. The molecule has 2 rings (SSSR count). The van der Waals surface area contributed by atoms with E-state index in [4.69, 9.17) is 5.84 Å². The molecule has 0 aliphatic carbocycles. The molecule has 0 amide bonds. The van der Waals surface area contributed by atoms with Gasteiger partial charge in [0.2, 0.25) is 5.96 Å². The van der Waals surface area contributed by atoms with Crippen LogP contribution in [0.3, 0.4) is 0 Å². The number of nitrogens with two attached hydrogens (primary N) is 1. The van der Waals surface area contributed by atoms with Gasteiger partial charge in [-0.2, -0.15) is 0 Å². The van der Waals surface area contributed by atoms with Crippen molar-refractivity contribution < 1.29 is 0 Å². The molecule has 1 unspecified atom stereocenters. The van der Waals surface area contributed by atoms with Crippen LogP contribution in [0.1, 0.15) is 12.5 Å². The van der Waals surface area contributed by atoms with Gasteiger partial charge < -0.3 is 4.90 Å². The molecule has 16 heavy (non-hydrogen) atoms. The van der Waals surface area contributed by atoms with Crippen molar-refractivity contribution in [1.82, 2.24) is 5.43 Å². The fourth-order valence-electron chi connectivity index (χ4n) is 2.26. The number of rotatable bonds is 0. The SMILES string of the molecule is CN=C(NN)N1CC(C)Cc2ccccc21. The summed E-state index contributed by atoms with van der Waals surface area (Å²) in [5.74, 6) is 6.83. The van der Waals surface area contributed by atoms with E-state index in [0.29, 0.717) is 5.92 Å². The second-order valence-corrected chi connectivity index (χ2v) is 4.24. The van der Waals surface area contributed by atoms with Crippen LogP contribution in [0.25, 0.3) is 0 Å². The van der Waals surface area contributed by atoms with E-state index in [-0.39, 0.29) is 0 Å². The van der Waals surface area contributed by atoms with Crippen molar-refractivity contribution in [3.05, 3.63) is 29.8 Å². The molecule has 0 saturated carbocycles. The van der Waals surface area contributed by atoms with Gasteiger partial charge >= 0.3 is 0 Å². The predicted octanol–water partition coefficient (Wildman–Crippen LogP) is 1.13. The lowest BCUT2D eigenvalue weighted by atomic mass is 9.94. The topological polar surface area (TPSA) is 53.6 Å². The summed E-state index contributed by atoms with van der Waals surface area (Å²) in [4.78, 5) is 6.31. The zero-order valence-electron chi connectivity index (χ0n) is 9.77. The van der Waals surface area contributed by atoms with E-state index < -0.39 is 0 Å². The molecule has 1 aliphatic rings. The molecule has 1 aliphatic heterocycles. The standard InChI is InChI=1S/C12H18N4/c1-9-7-10-5-3-4-6-11(10)16(8-9)12(14-2)15-13/h3-6,9H,7-8,13H2,1-2H3,(H,14,15). The molecular weight excluding hydrogens is 200 g/mol. The van der Waals surface area contributed by atoms with Crippen LogP contribution in [0.15, 0.2) is 29.3 Å². The van der Waals surface area contributed by atoms with Crippen LogP contribution in [-0.4, -0.2) is 19.6 Å². The van der Waals surface area contributed by atoms with E-state index in [1.54, 1.807) is 7.05 Å². The van der Waals surface area contributed by atoms with Crippen LogP contribution in [0.5, 0.6) is 0 Å². The van der Waals surface area contributed by atoms with Gasteiger partial charge in [-0.15, -0.1) is 0 Å². The van der Waals surface area contributed by atoms with E-state index in [9.17, 15) is 0 Å². The zero-order valence-corrected chi connectivity index (χ0v) is 9.77. The lowest BCUT2D eigenvalue weighted by Crippen LogP contribution is -2.48. The average Bonchev–Trinajstić information content (AvgIpc) is 2.30. The van der Waals surface area contributed by atoms with Gasteiger partial charge in [-0.25, -0.2) is 5.84 Å². The lowest BCUT2D eigenvalue weighted by molar-refractivity contribution is 0.563. The molecule has 0 aromatic heterocycles. The number of guanidine groups is 1. The summed E-state index contributed by atoms with van der Waals surface area (Å²) < 4.78 is 0. The molecule has 1 heterocycles. The van der Waals surface area contributed by atoms with Gasteiger partial charge in [0.25, 0.3) is 0 Å². The van der Waals surface area contributed by atoms with Crippen LogP contribution in [0.2, 0.25) is 0 Å². The van der Waals surface area contributed by atoms with Crippen LogP contribution < -0.4 is 16.2 Å². The predicted molar refractivity (Wildman–Crippen MR) is 67.3 cm³/mol. The van der Waals surface area contributed by atoms with Crippen LogP contribution in [0, 0.1) is 5.92 Å². The maximum atomic E-state index is 5.49. The Morgan fingerprint density at radius 2 is 2.25 bits per heavy atom. The third kappa shape index (κ3) is 1.88. The van der Waals surface area contributed by atoms with Gasteiger partial charge in [0.1, 0.15) is 0 Å². The van der Waals surface area contributed by atoms with Crippen LogP contribution >= 0.6 is 0 Å². The third-order valence-corrected chi connectivity index (χ3v) is 2.94. The van der Waals surface area contributed by atoms with Crippen LogP contribution in [0.4, 0.5) is 5.69 Å². The molecule has 1 aromatic carbocycles. The largest absolute Gasteiger partial charge is 0.311 e. The molecule has 1 atom stereocenters. The van der Waals surface area contributed by atoms with E-state index in [0.717, 1.165) is 18.9 Å². The maximum Gasteiger partial charge on any atom is 0.212 e. The monoisotopic (exact) mass is 218 g/mol. The minimum absolute atomic E-state index is 0.611. The minimum Gasteiger partial charge on any atom is -0.311 e. The minimum atomic E-state index is 0.611. The van der Waals surface area contributed by atoms with Gasteiger partial charge in [-0.05, 0) is 24.0 Å². The summed E-state index contributed by atoms with van der Waals surface area (Å²) in [6, 6.07) is 8.41. The molecule has 4 heteroatoms. The van der Waals surface area contributed by atoms with Gasteiger partial charge in [0.15, 0.2) is 0 Å². The van der Waals surface area contributed by atoms with Gasteiger partial charge in [0.05, 0.1) is 0 Å². The number of hydrogen-bond donors (Lipinski definition) is 2. The van der Waals surface area contributed by atoms with E-state index in [2.05, 4.69) is 40.4 Å². The molecule has 0 bridgehead atoms. The Balaban J connectivity index is 2.41. The van der Waals surface area contributed by atoms with Gasteiger partial charge in [0, 0.05) is 19.3 Å². The zero-order chi connectivity index (χ0) is 11.5. The molecule has 0 fully saturated rings. The molecule has 1 aromatic rings. The average molecular weight is 218 g/mol. The number of hydrogen-bond acceptors (Lipinski definition) is 2. The first-order chi connectivity index (χ1) is 7.76. The van der Waals surface area contributed by atoms with Crippen molar-refractivity contribution in [3.63, 3.8) is 0 Å². The smallest absolute Gasteiger partial charge is 0.212 e. The Morgan fingerprint density at radius 1 is 1.50 bits per heavy atom. The summed E-state index contributed by atoms with van der Waals surface area (Å²) in [6.07, 6.45) is 1.12. The van der Waals surface area contributed by atoms with Gasteiger partial charge in [-0.1, -0.05) is 25.1 Å². The molecule has 0 saturated heterocycles. The highest BCUT2D eigenvalue weighted by Crippen LogP contribution is 2.29. The second kappa shape index (κ2) is 4.53. The highest BCUT2D eigenvalue weighted by atomic mass is 15.4. The Morgan fingerprint density at radius 3 is 2.94 bits per heavy atom. The molecule has 4 nitrogen and oxygen atoms in total. The Labute approximate surface area is 96.1 Å². The lowest BCUT2D eigenvalue weighted by Gasteiger charge is -2.34. The number of hydrazine groups is 1. The Bertz CT molecular complexity index is 400. The first-order valence-electron chi connectivity index (χ1n) is 5.55. The first-order valence-corrected chi connectivity index (χ1v) is 5.55. The Hall–Kier alpha value is -1.55. The van der Waals surface area contributed by atoms with Gasteiger partial charge in [-0.3, -0.25) is 10.4 Å². The number of aliphatic imine (C=N–C) groups is 1. The van der Waals surface area contributed by atoms with Crippen LogP contribution in [-0.2, 0) is 6.42 Å². The quantitative estimate of drug-likeness (QED) is 0.297. The maximum absolute atomic E-state index is 5.49. The van der Waals surface area contributed by atoms with Crippen molar-refractivity contribution in [1.29, 1.82) is 0 Å². The summed E-state index contributed by atoms with van der Waals surface area (Å²) in [7, 11) is 1.75. The van der Waals surface area contributed by atoms with Crippen molar-refractivity contribution >= 4 is 11.6 Å². The second-order valence-electron chi connectivity index (χ2n) is 4.24. The summed E-state index contributed by atoms with van der Waals surface area (Å²) in [5, 5.41) is 0. The number of nitrogens with zero attached hydrogens (tertiary/aromatic N) is 2. The number of benzene rings is 1. The number of nitrogens with one attached hydrogen (secondary N) is 1. The van der Waals surface area contributed by atoms with Crippen molar-refractivity contribution in [2.75, 3.05) is 18.5 Å². The molecule has 0 radical (unpaired) electrons. The molecular formula is C12H18N4. The number of anilines is 1. The fraction of sp³-hybridized carbons (Fsp3) is 0.417. The summed E-state index contributed by atoms with van der Waals surface area (Å²) >= 11 is 0. The summed E-state index contributed by atoms with van der Waals surface area (Å²) in [5.41, 5.74) is 5.23. The van der Waals surface area contributed by atoms with E-state index in [1.165, 1.54) is 11.3 Å². The highest BCUT2D eigenvalue weighted by molar-refractivity contribution is 5.96. The first kappa shape index (κ1) is 11.0. The molecule has 86 valence electrons. The van der Waals surface area contributed by atoms with E-state index in [1.807, 2.05) is 6.07 Å². The number of fused-ring (bicyclic) bond motifs is 1. The summed E-state index contributed by atoms with van der Waals surface area (Å²) in [6.45, 7) is 3.20. The molecule has 0 spiro atoms. The molecule has 3 N–H and O–H groups in total. The third-order valence-electron chi connectivity index (χ3n) is 2.94. The van der Waals surface area contributed by atoms with Crippen molar-refractivity contribution in [2.45, 2.75) is 13.3 Å². The van der Waals surface area contributed by atoms with Crippen molar-refractivity contribution in [3.8, 4) is 0 Å². The number of para-hydroxylation sites is 1.